The molecule has 2 aromatic rings. The smallest absolute Gasteiger partial charge is 0.299 e. The Hall–Kier alpha value is -1.83. The fraction of sp³-hybridized carbons (Fsp3) is 0.545. The molecule has 0 amide bonds. The van der Waals surface area contributed by atoms with E-state index in [2.05, 4.69) is 15.3 Å². The summed E-state index contributed by atoms with van der Waals surface area (Å²) in [4.78, 5) is 1.81. The second-order valence-corrected chi connectivity index (χ2v) is 4.33. The summed E-state index contributed by atoms with van der Waals surface area (Å²) in [6, 6.07) is 3.34. The summed E-state index contributed by atoms with van der Waals surface area (Å²) in [6.45, 7) is 4.20. The van der Waals surface area contributed by atoms with Crippen molar-refractivity contribution in [1.82, 2.24) is 19.8 Å². The van der Waals surface area contributed by atoms with Gasteiger partial charge in [0.15, 0.2) is 5.65 Å². The van der Waals surface area contributed by atoms with E-state index in [1.807, 2.05) is 18.7 Å². The highest BCUT2D eigenvalue weighted by Gasteiger charge is 2.19. The maximum Gasteiger partial charge on any atom is 0.299 e. The minimum absolute atomic E-state index is 0.0399. The Morgan fingerprint density at radius 2 is 2.05 bits per heavy atom. The van der Waals surface area contributed by atoms with Crippen molar-refractivity contribution in [2.24, 2.45) is 0 Å². The van der Waals surface area contributed by atoms with Crippen LogP contribution in [0, 0.1) is 0 Å². The number of halogens is 2. The van der Waals surface area contributed by atoms with Gasteiger partial charge in [-0.2, -0.15) is 4.52 Å². The van der Waals surface area contributed by atoms with Gasteiger partial charge >= 0.3 is 0 Å². The van der Waals surface area contributed by atoms with Crippen molar-refractivity contribution in [3.05, 3.63) is 18.0 Å². The number of aliphatic hydroxyl groups excluding tert-OH is 1. The number of anilines is 1. The summed E-state index contributed by atoms with van der Waals surface area (Å²) in [7, 11) is 0. The zero-order chi connectivity index (χ0) is 14.0. The van der Waals surface area contributed by atoms with E-state index in [4.69, 9.17) is 5.11 Å². The topological polar surface area (TPSA) is 66.5 Å². The molecule has 1 N–H and O–H groups in total. The van der Waals surface area contributed by atoms with Crippen LogP contribution in [0.5, 0.6) is 0 Å². The zero-order valence-electron chi connectivity index (χ0n) is 10.7. The third kappa shape index (κ3) is 2.62. The lowest BCUT2D eigenvalue weighted by molar-refractivity contribution is 0.137. The molecule has 0 unspecified atom stereocenters. The van der Waals surface area contributed by atoms with Crippen LogP contribution in [0.1, 0.15) is 26.1 Å². The first-order chi connectivity index (χ1) is 9.04. The number of aromatic nitrogens is 4. The highest BCUT2D eigenvalue weighted by Crippen LogP contribution is 2.19. The van der Waals surface area contributed by atoms with E-state index in [1.165, 1.54) is 0 Å². The molecule has 2 aromatic heterocycles. The molecular formula is C11H15F2N5O. The maximum absolute atomic E-state index is 12.8. The number of rotatable bonds is 5. The molecule has 0 aliphatic rings. The molecule has 0 fully saturated rings. The summed E-state index contributed by atoms with van der Waals surface area (Å²) in [5.74, 6) is 0.0165. The van der Waals surface area contributed by atoms with Crippen molar-refractivity contribution in [3.63, 3.8) is 0 Å². The molecule has 0 radical (unpaired) electrons. The van der Waals surface area contributed by atoms with Crippen molar-refractivity contribution in [3.8, 4) is 0 Å². The summed E-state index contributed by atoms with van der Waals surface area (Å²) >= 11 is 0. The van der Waals surface area contributed by atoms with Gasteiger partial charge in [-0.15, -0.1) is 15.3 Å². The van der Waals surface area contributed by atoms with Crippen LogP contribution < -0.4 is 4.90 Å². The fourth-order valence-corrected chi connectivity index (χ4v) is 1.83. The number of hydrogen-bond acceptors (Lipinski definition) is 5. The van der Waals surface area contributed by atoms with E-state index >= 15 is 0 Å². The Morgan fingerprint density at radius 3 is 2.63 bits per heavy atom. The molecule has 19 heavy (non-hydrogen) atoms. The van der Waals surface area contributed by atoms with Gasteiger partial charge in [-0.05, 0) is 26.0 Å². The molecule has 8 heteroatoms. The lowest BCUT2D eigenvalue weighted by Gasteiger charge is -2.26. The average molecular weight is 271 g/mol. The second kappa shape index (κ2) is 5.43. The normalized spacial score (nSPS) is 11.7. The lowest BCUT2D eigenvalue weighted by atomic mass is 10.3. The Kier molecular flexibility index (Phi) is 3.89. The van der Waals surface area contributed by atoms with Gasteiger partial charge in [0, 0.05) is 12.6 Å². The average Bonchev–Trinajstić information content (AvgIpc) is 2.78. The Labute approximate surface area is 108 Å². The zero-order valence-corrected chi connectivity index (χ0v) is 10.7. The molecule has 0 bridgehead atoms. The number of alkyl halides is 2. The SMILES string of the molecule is CC(C)N(CCO)c1ccc2nnc(C(F)F)n2n1. The van der Waals surface area contributed by atoms with Crippen molar-refractivity contribution in [2.45, 2.75) is 26.3 Å². The van der Waals surface area contributed by atoms with Crippen LogP contribution in [-0.4, -0.2) is 44.1 Å². The van der Waals surface area contributed by atoms with Gasteiger partial charge in [0.25, 0.3) is 6.43 Å². The Bertz CT molecular complexity index is 557. The van der Waals surface area contributed by atoms with Crippen LogP contribution in [0.2, 0.25) is 0 Å². The molecule has 0 aliphatic carbocycles. The van der Waals surface area contributed by atoms with Gasteiger partial charge < -0.3 is 10.0 Å². The van der Waals surface area contributed by atoms with Crippen LogP contribution in [0.25, 0.3) is 5.65 Å². The molecular weight excluding hydrogens is 256 g/mol. The highest BCUT2D eigenvalue weighted by molar-refractivity contribution is 5.46. The van der Waals surface area contributed by atoms with E-state index < -0.39 is 12.2 Å². The number of fused-ring (bicyclic) bond motifs is 1. The van der Waals surface area contributed by atoms with Gasteiger partial charge in [0.05, 0.1) is 6.61 Å². The molecule has 104 valence electrons. The van der Waals surface area contributed by atoms with Crippen molar-refractivity contribution >= 4 is 11.5 Å². The summed E-state index contributed by atoms with van der Waals surface area (Å²) in [5.41, 5.74) is 0.270. The van der Waals surface area contributed by atoms with Gasteiger partial charge in [0.1, 0.15) is 5.82 Å². The van der Waals surface area contributed by atoms with E-state index in [1.54, 1.807) is 12.1 Å². The van der Waals surface area contributed by atoms with E-state index in [-0.39, 0.29) is 18.3 Å². The molecule has 0 spiro atoms. The van der Waals surface area contributed by atoms with Crippen LogP contribution in [0.15, 0.2) is 12.1 Å². The third-order valence-electron chi connectivity index (χ3n) is 2.73. The number of hydrogen-bond donors (Lipinski definition) is 1. The number of aliphatic hydroxyl groups is 1. The van der Waals surface area contributed by atoms with Crippen molar-refractivity contribution < 1.29 is 13.9 Å². The molecule has 2 rings (SSSR count). The van der Waals surface area contributed by atoms with Crippen LogP contribution in [-0.2, 0) is 0 Å². The second-order valence-electron chi connectivity index (χ2n) is 4.33. The predicted octanol–water partition coefficient (Wildman–Crippen LogP) is 1.27. The summed E-state index contributed by atoms with van der Waals surface area (Å²) in [5, 5.41) is 20.2. The van der Waals surface area contributed by atoms with Crippen molar-refractivity contribution in [2.75, 3.05) is 18.1 Å². The molecule has 0 saturated heterocycles. The molecule has 2 heterocycles. The Balaban J connectivity index is 2.46. The first-order valence-electron chi connectivity index (χ1n) is 5.92. The Morgan fingerprint density at radius 1 is 1.32 bits per heavy atom. The molecule has 6 nitrogen and oxygen atoms in total. The molecule has 0 aromatic carbocycles. The van der Waals surface area contributed by atoms with Crippen LogP contribution in [0.4, 0.5) is 14.6 Å². The van der Waals surface area contributed by atoms with E-state index in [9.17, 15) is 8.78 Å². The first-order valence-corrected chi connectivity index (χ1v) is 5.92. The standard InChI is InChI=1S/C11H15F2N5O/c1-7(2)17(5-6-19)9-4-3-8-14-15-11(10(12)13)18(8)16-9/h3-4,7,10,19H,5-6H2,1-2H3. The number of nitrogens with zero attached hydrogens (tertiary/aromatic N) is 5. The maximum atomic E-state index is 12.8. The third-order valence-corrected chi connectivity index (χ3v) is 2.73. The highest BCUT2D eigenvalue weighted by atomic mass is 19.3. The molecule has 0 aliphatic heterocycles. The van der Waals surface area contributed by atoms with Crippen LogP contribution >= 0.6 is 0 Å². The largest absolute Gasteiger partial charge is 0.395 e. The summed E-state index contributed by atoms with van der Waals surface area (Å²) < 4.78 is 26.5. The van der Waals surface area contributed by atoms with Gasteiger partial charge in [-0.25, -0.2) is 8.78 Å². The van der Waals surface area contributed by atoms with Crippen LogP contribution in [0.3, 0.4) is 0 Å². The quantitative estimate of drug-likeness (QED) is 0.887. The lowest BCUT2D eigenvalue weighted by Crippen LogP contribution is -2.34. The first kappa shape index (κ1) is 13.6. The van der Waals surface area contributed by atoms with Crippen molar-refractivity contribution in [1.29, 1.82) is 0 Å². The van der Waals surface area contributed by atoms with E-state index in [0.29, 0.717) is 12.4 Å². The van der Waals surface area contributed by atoms with Gasteiger partial charge in [-0.1, -0.05) is 0 Å². The van der Waals surface area contributed by atoms with Gasteiger partial charge in [0.2, 0.25) is 5.82 Å². The fourth-order valence-electron chi connectivity index (χ4n) is 1.83. The van der Waals surface area contributed by atoms with E-state index in [0.717, 1.165) is 4.52 Å². The van der Waals surface area contributed by atoms with Gasteiger partial charge in [-0.3, -0.25) is 0 Å². The monoisotopic (exact) mass is 271 g/mol. The summed E-state index contributed by atoms with van der Waals surface area (Å²) in [6.07, 6.45) is -2.73. The predicted molar refractivity (Wildman–Crippen MR) is 65.3 cm³/mol. The minimum atomic E-state index is -2.73. The minimum Gasteiger partial charge on any atom is -0.395 e. The molecule has 0 atom stereocenters. The molecule has 0 saturated carbocycles.